The van der Waals surface area contributed by atoms with Crippen LogP contribution in [0.4, 0.5) is 0 Å². The van der Waals surface area contributed by atoms with Gasteiger partial charge in [-0.15, -0.1) is 0 Å². The topological polar surface area (TPSA) is 85.8 Å². The minimum Gasteiger partial charge on any atom is -0.364 e. The van der Waals surface area contributed by atoms with Crippen LogP contribution in [0.2, 0.25) is 0 Å². The van der Waals surface area contributed by atoms with Gasteiger partial charge in [0.05, 0.1) is 0 Å². The number of nitrogens with zero attached hydrogens (tertiary/aromatic N) is 3. The first-order chi connectivity index (χ1) is 9.11. The molecule has 6 nitrogen and oxygen atoms in total. The molecule has 2 rings (SSSR count). The lowest BCUT2D eigenvalue weighted by Crippen LogP contribution is -2.18. The van der Waals surface area contributed by atoms with Gasteiger partial charge < -0.3 is 11.1 Å². The quantitative estimate of drug-likeness (QED) is 0.840. The Bertz CT molecular complexity index is 578. The molecule has 19 heavy (non-hydrogen) atoms. The molecular formula is C13H17N5O. The van der Waals surface area contributed by atoms with Crippen molar-refractivity contribution >= 4 is 5.91 Å². The van der Waals surface area contributed by atoms with E-state index in [0.29, 0.717) is 5.82 Å². The molecule has 0 bridgehead atoms. The lowest BCUT2D eigenvalue weighted by Gasteiger charge is -2.13. The molecule has 1 atom stereocenters. The summed E-state index contributed by atoms with van der Waals surface area (Å²) in [7, 11) is 0. The minimum absolute atomic E-state index is 0.229. The van der Waals surface area contributed by atoms with E-state index in [2.05, 4.69) is 29.2 Å². The molecule has 0 aromatic carbocycles. The van der Waals surface area contributed by atoms with Crippen molar-refractivity contribution in [2.45, 2.75) is 19.9 Å². The number of aromatic nitrogens is 3. The third-order valence-corrected chi connectivity index (χ3v) is 2.86. The first-order valence-electron chi connectivity index (χ1n) is 6.17. The molecule has 3 N–H and O–H groups in total. The largest absolute Gasteiger partial charge is 0.364 e. The van der Waals surface area contributed by atoms with Gasteiger partial charge in [-0.1, -0.05) is 6.92 Å². The number of carbonyl (C=O) groups excluding carboxylic acids is 1. The van der Waals surface area contributed by atoms with Crippen molar-refractivity contribution in [3.8, 4) is 5.82 Å². The van der Waals surface area contributed by atoms with E-state index in [1.54, 1.807) is 23.1 Å². The van der Waals surface area contributed by atoms with Crippen molar-refractivity contribution in [3.05, 3.63) is 41.9 Å². The number of pyridine rings is 1. The van der Waals surface area contributed by atoms with Crippen LogP contribution in [-0.4, -0.2) is 27.2 Å². The number of hydrogen-bond acceptors (Lipinski definition) is 4. The van der Waals surface area contributed by atoms with Crippen molar-refractivity contribution in [1.29, 1.82) is 0 Å². The standard InChI is InChI=1S/C13H17N5O/c1-3-15-9(2)10-4-6-16-12(8-10)18-7-5-11(17-18)13(14)19/h4-9,15H,3H2,1-2H3,(H2,14,19). The zero-order chi connectivity index (χ0) is 13.8. The molecule has 0 saturated heterocycles. The van der Waals surface area contributed by atoms with E-state index in [1.165, 1.54) is 0 Å². The maximum Gasteiger partial charge on any atom is 0.269 e. The van der Waals surface area contributed by atoms with Gasteiger partial charge in [0.2, 0.25) is 0 Å². The lowest BCUT2D eigenvalue weighted by atomic mass is 10.1. The molecule has 0 saturated carbocycles. The molecule has 2 aromatic rings. The van der Waals surface area contributed by atoms with Crippen molar-refractivity contribution < 1.29 is 4.79 Å². The van der Waals surface area contributed by atoms with E-state index < -0.39 is 5.91 Å². The van der Waals surface area contributed by atoms with Gasteiger partial charge in [-0.25, -0.2) is 9.67 Å². The van der Waals surface area contributed by atoms with Gasteiger partial charge in [0.15, 0.2) is 5.82 Å². The third-order valence-electron chi connectivity index (χ3n) is 2.86. The van der Waals surface area contributed by atoms with E-state index in [4.69, 9.17) is 5.73 Å². The van der Waals surface area contributed by atoms with Gasteiger partial charge >= 0.3 is 0 Å². The molecular weight excluding hydrogens is 242 g/mol. The predicted octanol–water partition coefficient (Wildman–Crippen LogP) is 1.04. The average Bonchev–Trinajstić information content (AvgIpc) is 2.89. The molecule has 0 radical (unpaired) electrons. The second-order valence-corrected chi connectivity index (χ2v) is 4.24. The highest BCUT2D eigenvalue weighted by atomic mass is 16.1. The Morgan fingerprint density at radius 2 is 2.32 bits per heavy atom. The summed E-state index contributed by atoms with van der Waals surface area (Å²) in [5.74, 6) is 0.116. The molecule has 2 heterocycles. The van der Waals surface area contributed by atoms with Crippen LogP contribution < -0.4 is 11.1 Å². The summed E-state index contributed by atoms with van der Waals surface area (Å²) in [6, 6.07) is 5.70. The van der Waals surface area contributed by atoms with E-state index >= 15 is 0 Å². The fourth-order valence-corrected chi connectivity index (χ4v) is 1.84. The van der Waals surface area contributed by atoms with Crippen molar-refractivity contribution in [1.82, 2.24) is 20.1 Å². The number of nitrogens with one attached hydrogen (secondary N) is 1. The van der Waals surface area contributed by atoms with Crippen LogP contribution in [0.25, 0.3) is 5.82 Å². The summed E-state index contributed by atoms with van der Waals surface area (Å²) < 4.78 is 1.54. The Balaban J connectivity index is 2.29. The van der Waals surface area contributed by atoms with Crippen LogP contribution in [0.15, 0.2) is 30.6 Å². The molecule has 6 heteroatoms. The van der Waals surface area contributed by atoms with E-state index in [-0.39, 0.29) is 11.7 Å². The van der Waals surface area contributed by atoms with Crippen molar-refractivity contribution in [3.63, 3.8) is 0 Å². The zero-order valence-corrected chi connectivity index (χ0v) is 11.0. The summed E-state index contributed by atoms with van der Waals surface area (Å²) >= 11 is 0. The molecule has 2 aromatic heterocycles. The highest BCUT2D eigenvalue weighted by Gasteiger charge is 2.09. The van der Waals surface area contributed by atoms with Crippen molar-refractivity contribution in [2.24, 2.45) is 5.73 Å². The Hall–Kier alpha value is -2.21. The average molecular weight is 259 g/mol. The van der Waals surface area contributed by atoms with E-state index in [0.717, 1.165) is 12.1 Å². The summed E-state index contributed by atoms with van der Waals surface area (Å²) in [5, 5.41) is 7.42. The minimum atomic E-state index is -0.545. The number of hydrogen-bond donors (Lipinski definition) is 2. The van der Waals surface area contributed by atoms with Crippen LogP contribution in [-0.2, 0) is 0 Å². The highest BCUT2D eigenvalue weighted by Crippen LogP contribution is 2.14. The first-order valence-corrected chi connectivity index (χ1v) is 6.17. The number of rotatable bonds is 5. The van der Waals surface area contributed by atoms with E-state index in [1.807, 2.05) is 12.1 Å². The van der Waals surface area contributed by atoms with Gasteiger partial charge in [-0.2, -0.15) is 5.10 Å². The summed E-state index contributed by atoms with van der Waals surface area (Å²) in [6.45, 7) is 5.04. The fraction of sp³-hybridized carbons (Fsp3) is 0.308. The van der Waals surface area contributed by atoms with Gasteiger partial charge in [-0.3, -0.25) is 4.79 Å². The first kappa shape index (κ1) is 13.2. The summed E-state index contributed by atoms with van der Waals surface area (Å²) in [6.07, 6.45) is 3.40. The van der Waals surface area contributed by atoms with Crippen LogP contribution in [0.3, 0.4) is 0 Å². The number of amides is 1. The second-order valence-electron chi connectivity index (χ2n) is 4.24. The predicted molar refractivity (Wildman–Crippen MR) is 72.0 cm³/mol. The Morgan fingerprint density at radius 1 is 1.53 bits per heavy atom. The van der Waals surface area contributed by atoms with Crippen LogP contribution >= 0.6 is 0 Å². The normalized spacial score (nSPS) is 12.3. The SMILES string of the molecule is CCNC(C)c1ccnc(-n2ccc(C(N)=O)n2)c1. The van der Waals surface area contributed by atoms with Gasteiger partial charge in [-0.05, 0) is 37.2 Å². The Labute approximate surface area is 111 Å². The number of carbonyl (C=O) groups is 1. The molecule has 1 unspecified atom stereocenters. The van der Waals surface area contributed by atoms with Crippen LogP contribution in [0, 0.1) is 0 Å². The Kier molecular flexibility index (Phi) is 3.91. The monoisotopic (exact) mass is 259 g/mol. The molecule has 0 aliphatic rings. The molecule has 0 aliphatic heterocycles. The van der Waals surface area contributed by atoms with Gasteiger partial charge in [0, 0.05) is 18.4 Å². The van der Waals surface area contributed by atoms with Gasteiger partial charge in [0.1, 0.15) is 5.69 Å². The molecule has 0 fully saturated rings. The highest BCUT2D eigenvalue weighted by molar-refractivity contribution is 5.90. The maximum absolute atomic E-state index is 11.0. The van der Waals surface area contributed by atoms with Gasteiger partial charge in [0.25, 0.3) is 5.91 Å². The second kappa shape index (κ2) is 5.62. The summed E-state index contributed by atoms with van der Waals surface area (Å²) in [5.41, 5.74) is 6.52. The molecule has 0 aliphatic carbocycles. The molecule has 100 valence electrons. The van der Waals surface area contributed by atoms with Crippen LogP contribution in [0.5, 0.6) is 0 Å². The Morgan fingerprint density at radius 3 is 2.95 bits per heavy atom. The number of primary amides is 1. The summed E-state index contributed by atoms with van der Waals surface area (Å²) in [4.78, 5) is 15.3. The molecule has 1 amide bonds. The third kappa shape index (κ3) is 2.97. The van der Waals surface area contributed by atoms with Crippen LogP contribution in [0.1, 0.15) is 35.9 Å². The molecule has 0 spiro atoms. The number of nitrogens with two attached hydrogens (primary N) is 1. The maximum atomic E-state index is 11.0. The van der Waals surface area contributed by atoms with E-state index in [9.17, 15) is 4.79 Å². The fourth-order valence-electron chi connectivity index (χ4n) is 1.84. The zero-order valence-electron chi connectivity index (χ0n) is 11.0. The van der Waals surface area contributed by atoms with Crippen molar-refractivity contribution in [2.75, 3.05) is 6.54 Å². The smallest absolute Gasteiger partial charge is 0.269 e. The lowest BCUT2D eigenvalue weighted by molar-refractivity contribution is 0.0995.